The lowest BCUT2D eigenvalue weighted by Gasteiger charge is -2.07. The van der Waals surface area contributed by atoms with Crippen molar-refractivity contribution in [1.29, 1.82) is 0 Å². The molecule has 0 rings (SSSR count). The van der Waals surface area contributed by atoms with E-state index in [9.17, 15) is 0 Å². The van der Waals surface area contributed by atoms with Gasteiger partial charge in [0.25, 0.3) is 0 Å². The van der Waals surface area contributed by atoms with Gasteiger partial charge >= 0.3 is 0 Å². The molecule has 0 bridgehead atoms. The van der Waals surface area contributed by atoms with E-state index in [1.807, 2.05) is 0 Å². The second-order valence-electron chi connectivity index (χ2n) is 3.58. The minimum atomic E-state index is 0.498. The van der Waals surface area contributed by atoms with Crippen LogP contribution in [0.15, 0.2) is 0 Å². The van der Waals surface area contributed by atoms with Crippen molar-refractivity contribution in [1.82, 2.24) is 5.48 Å². The Morgan fingerprint density at radius 3 is 2.62 bits per heavy atom. The highest BCUT2D eigenvalue weighted by Crippen LogP contribution is 1.97. The van der Waals surface area contributed by atoms with E-state index in [0.29, 0.717) is 12.6 Å². The smallest absolute Gasteiger partial charge is 0.119 e. The van der Waals surface area contributed by atoms with Crippen molar-refractivity contribution in [3.05, 3.63) is 0 Å². The summed E-state index contributed by atoms with van der Waals surface area (Å²) in [5.41, 5.74) is 2.78. The van der Waals surface area contributed by atoms with Gasteiger partial charge in [-0.25, -0.2) is 0 Å². The van der Waals surface area contributed by atoms with Crippen molar-refractivity contribution in [2.45, 2.75) is 40.0 Å². The molecule has 0 aliphatic rings. The fourth-order valence-corrected chi connectivity index (χ4v) is 0.769. The van der Waals surface area contributed by atoms with E-state index in [1.54, 1.807) is 0 Å². The van der Waals surface area contributed by atoms with Crippen LogP contribution in [-0.4, -0.2) is 19.9 Å². The maximum atomic E-state index is 5.24. The van der Waals surface area contributed by atoms with E-state index in [1.165, 1.54) is 6.42 Å². The highest BCUT2D eigenvalue weighted by Gasteiger charge is 1.93. The molecule has 0 aromatic heterocycles. The van der Waals surface area contributed by atoms with Crippen LogP contribution in [0.4, 0.5) is 0 Å². The summed E-state index contributed by atoms with van der Waals surface area (Å²) < 4.78 is 5.24. The van der Waals surface area contributed by atoms with Gasteiger partial charge in [-0.3, -0.25) is 4.84 Å². The standard InChI is InChI=1S/C10H23NO2/c1-4-5-7-12-9-11-13-8-6-10(2)3/h10-11H,4-9H2,1-3H3. The van der Waals surface area contributed by atoms with E-state index in [2.05, 4.69) is 26.3 Å². The molecule has 0 aromatic carbocycles. The van der Waals surface area contributed by atoms with Crippen LogP contribution in [0.25, 0.3) is 0 Å². The zero-order chi connectivity index (χ0) is 9.94. The summed E-state index contributed by atoms with van der Waals surface area (Å²) in [4.78, 5) is 5.15. The topological polar surface area (TPSA) is 30.5 Å². The largest absolute Gasteiger partial charge is 0.364 e. The van der Waals surface area contributed by atoms with Gasteiger partial charge in [-0.05, 0) is 18.8 Å². The van der Waals surface area contributed by atoms with Crippen LogP contribution < -0.4 is 5.48 Å². The van der Waals surface area contributed by atoms with Crippen LogP contribution in [0.1, 0.15) is 40.0 Å². The molecular formula is C10H23NO2. The molecule has 0 aromatic rings. The van der Waals surface area contributed by atoms with Crippen molar-refractivity contribution in [3.63, 3.8) is 0 Å². The summed E-state index contributed by atoms with van der Waals surface area (Å²) in [6, 6.07) is 0. The number of hydroxylamine groups is 1. The third-order valence-electron chi connectivity index (χ3n) is 1.70. The number of ether oxygens (including phenoxy) is 1. The second kappa shape index (κ2) is 9.96. The molecule has 0 amide bonds. The zero-order valence-electron chi connectivity index (χ0n) is 9.14. The van der Waals surface area contributed by atoms with Crippen molar-refractivity contribution in [2.75, 3.05) is 19.9 Å². The lowest BCUT2D eigenvalue weighted by Crippen LogP contribution is -2.20. The van der Waals surface area contributed by atoms with Crippen LogP contribution in [0.3, 0.4) is 0 Å². The molecule has 3 heteroatoms. The first kappa shape index (κ1) is 12.9. The molecule has 0 aliphatic heterocycles. The summed E-state index contributed by atoms with van der Waals surface area (Å²) >= 11 is 0. The van der Waals surface area contributed by atoms with Crippen LogP contribution in [0, 0.1) is 5.92 Å². The summed E-state index contributed by atoms with van der Waals surface area (Å²) in [6.07, 6.45) is 3.38. The molecule has 0 saturated heterocycles. The molecule has 0 fully saturated rings. The molecule has 13 heavy (non-hydrogen) atoms. The van der Waals surface area contributed by atoms with Crippen LogP contribution >= 0.6 is 0 Å². The first-order valence-electron chi connectivity index (χ1n) is 5.19. The third kappa shape index (κ3) is 11.9. The van der Waals surface area contributed by atoms with E-state index < -0.39 is 0 Å². The molecule has 0 aliphatic carbocycles. The summed E-state index contributed by atoms with van der Waals surface area (Å²) in [5, 5.41) is 0. The number of unbranched alkanes of at least 4 members (excludes halogenated alkanes) is 1. The lowest BCUT2D eigenvalue weighted by atomic mass is 10.1. The summed E-state index contributed by atoms with van der Waals surface area (Å²) in [6.45, 7) is 8.59. The van der Waals surface area contributed by atoms with Crippen molar-refractivity contribution >= 4 is 0 Å². The average molecular weight is 189 g/mol. The van der Waals surface area contributed by atoms with Crippen LogP contribution in [0.5, 0.6) is 0 Å². The molecule has 80 valence electrons. The third-order valence-corrected chi connectivity index (χ3v) is 1.70. The molecule has 0 radical (unpaired) electrons. The Bertz CT molecular complexity index is 96.9. The van der Waals surface area contributed by atoms with E-state index in [-0.39, 0.29) is 0 Å². The highest BCUT2D eigenvalue weighted by atomic mass is 16.7. The molecule has 0 heterocycles. The molecule has 0 saturated carbocycles. The van der Waals surface area contributed by atoms with Gasteiger partial charge in [0.1, 0.15) is 6.73 Å². The second-order valence-corrected chi connectivity index (χ2v) is 3.58. The number of hydrogen-bond donors (Lipinski definition) is 1. The normalized spacial score (nSPS) is 11.1. The van der Waals surface area contributed by atoms with Gasteiger partial charge in [0.15, 0.2) is 0 Å². The first-order chi connectivity index (χ1) is 6.27. The van der Waals surface area contributed by atoms with Gasteiger partial charge in [0.05, 0.1) is 6.61 Å². The van der Waals surface area contributed by atoms with E-state index in [4.69, 9.17) is 9.57 Å². The van der Waals surface area contributed by atoms with E-state index >= 15 is 0 Å². The minimum Gasteiger partial charge on any atom is -0.364 e. The predicted molar refractivity (Wildman–Crippen MR) is 54.3 cm³/mol. The molecule has 0 spiro atoms. The van der Waals surface area contributed by atoms with Gasteiger partial charge in [0.2, 0.25) is 0 Å². The summed E-state index contributed by atoms with van der Waals surface area (Å²) in [5.74, 6) is 0.697. The molecule has 0 atom stereocenters. The molecule has 0 unspecified atom stereocenters. The Morgan fingerprint density at radius 2 is 2.00 bits per heavy atom. The number of rotatable bonds is 9. The lowest BCUT2D eigenvalue weighted by molar-refractivity contribution is -0.0367. The minimum absolute atomic E-state index is 0.498. The fraction of sp³-hybridized carbons (Fsp3) is 1.00. The monoisotopic (exact) mass is 189 g/mol. The van der Waals surface area contributed by atoms with Gasteiger partial charge in [-0.2, -0.15) is 5.48 Å². The Hall–Kier alpha value is -0.120. The number of hydrogen-bond acceptors (Lipinski definition) is 3. The molecular weight excluding hydrogens is 166 g/mol. The van der Waals surface area contributed by atoms with Crippen LogP contribution in [-0.2, 0) is 9.57 Å². The van der Waals surface area contributed by atoms with Crippen molar-refractivity contribution < 1.29 is 9.57 Å². The van der Waals surface area contributed by atoms with Gasteiger partial charge in [0, 0.05) is 6.61 Å². The Kier molecular flexibility index (Phi) is 9.87. The highest BCUT2D eigenvalue weighted by molar-refractivity contribution is 4.40. The molecule has 3 nitrogen and oxygen atoms in total. The summed E-state index contributed by atoms with van der Waals surface area (Å²) in [7, 11) is 0. The Morgan fingerprint density at radius 1 is 1.23 bits per heavy atom. The maximum Gasteiger partial charge on any atom is 0.119 e. The van der Waals surface area contributed by atoms with Gasteiger partial charge in [-0.1, -0.05) is 27.2 Å². The first-order valence-corrected chi connectivity index (χ1v) is 5.19. The van der Waals surface area contributed by atoms with Crippen molar-refractivity contribution in [3.8, 4) is 0 Å². The maximum absolute atomic E-state index is 5.24. The van der Waals surface area contributed by atoms with E-state index in [0.717, 1.165) is 26.1 Å². The Labute approximate surface area is 81.8 Å². The quantitative estimate of drug-likeness (QED) is 0.343. The van der Waals surface area contributed by atoms with Crippen LogP contribution in [0.2, 0.25) is 0 Å². The average Bonchev–Trinajstić information content (AvgIpc) is 2.09. The SMILES string of the molecule is CCCCOCNOCCC(C)C. The number of nitrogens with one attached hydrogen (secondary N) is 1. The van der Waals surface area contributed by atoms with Gasteiger partial charge < -0.3 is 4.74 Å². The fourth-order valence-electron chi connectivity index (χ4n) is 0.769. The predicted octanol–water partition coefficient (Wildman–Crippen LogP) is 2.33. The molecule has 1 N–H and O–H groups in total. The Balaban J connectivity index is 2.84. The van der Waals surface area contributed by atoms with Gasteiger partial charge in [-0.15, -0.1) is 0 Å². The zero-order valence-corrected chi connectivity index (χ0v) is 9.14. The van der Waals surface area contributed by atoms with Crippen molar-refractivity contribution in [2.24, 2.45) is 5.92 Å².